The van der Waals surface area contributed by atoms with Gasteiger partial charge in [-0.1, -0.05) is 0 Å². The van der Waals surface area contributed by atoms with Crippen LogP contribution in [-0.4, -0.2) is 21.9 Å². The molecule has 6 heteroatoms. The molecule has 0 unspecified atom stereocenters. The topological polar surface area (TPSA) is 162 Å². The Morgan fingerprint density at radius 1 is 0.500 bits per heavy atom. The zero-order chi connectivity index (χ0) is 0. The summed E-state index contributed by atoms with van der Waals surface area (Å²) in [6.07, 6.45) is 0. The van der Waals surface area contributed by atoms with Crippen molar-refractivity contribution < 1.29 is 38.9 Å². The quantitative estimate of drug-likeness (QED) is 0.366. The van der Waals surface area contributed by atoms with Gasteiger partial charge in [0.1, 0.15) is 0 Å². The van der Waals surface area contributed by atoms with E-state index in [2.05, 4.69) is 0 Å². The molecule has 0 bridgehead atoms. The molecular weight excluding hydrogens is 158 g/mol. The molecule has 0 radical (unpaired) electrons. The molecular formula is H12BrNO4. The summed E-state index contributed by atoms with van der Waals surface area (Å²) in [6.45, 7) is 0. The zero-order valence-electron chi connectivity index (χ0n) is 3.38. The van der Waals surface area contributed by atoms with Crippen LogP contribution in [0.3, 0.4) is 0 Å². The average molecular weight is 170 g/mol. The minimum atomic E-state index is 0. The third-order valence-electron chi connectivity index (χ3n) is 0. The molecule has 0 rings (SSSR count). The molecule has 0 aliphatic carbocycles. The van der Waals surface area contributed by atoms with Gasteiger partial charge in [0, 0.05) is 0 Å². The molecule has 0 aromatic carbocycles. The summed E-state index contributed by atoms with van der Waals surface area (Å²) in [5.74, 6) is 0. The van der Waals surface area contributed by atoms with Gasteiger partial charge >= 0.3 is 0 Å². The second-order valence-electron chi connectivity index (χ2n) is 0. The van der Waals surface area contributed by atoms with Crippen molar-refractivity contribution in [1.29, 1.82) is 0 Å². The largest absolute Gasteiger partial charge is 1.00 e. The predicted molar refractivity (Wildman–Crippen MR) is 20.4 cm³/mol. The van der Waals surface area contributed by atoms with Gasteiger partial charge in [-0.25, -0.2) is 0 Å². The SMILES string of the molecule is O.O.O.O.[Br-].[NH4+]. The summed E-state index contributed by atoms with van der Waals surface area (Å²) in [6, 6.07) is 0. The Hall–Kier alpha value is 0.280. The van der Waals surface area contributed by atoms with Gasteiger partial charge in [0.15, 0.2) is 0 Å². The maximum absolute atomic E-state index is 0. The van der Waals surface area contributed by atoms with Crippen LogP contribution in [-0.2, 0) is 0 Å². The maximum Gasteiger partial charge on any atom is -0.369 e. The number of hydrogen-bond acceptors (Lipinski definition) is 0. The van der Waals surface area contributed by atoms with E-state index in [0.29, 0.717) is 0 Å². The molecule has 0 aliphatic heterocycles. The van der Waals surface area contributed by atoms with Gasteiger partial charge in [-0.05, 0) is 0 Å². The van der Waals surface area contributed by atoms with E-state index in [0.717, 1.165) is 0 Å². The number of hydrogen-bond donors (Lipinski definition) is 1. The van der Waals surface area contributed by atoms with Crippen molar-refractivity contribution in [2.45, 2.75) is 0 Å². The van der Waals surface area contributed by atoms with Crippen molar-refractivity contribution in [3.8, 4) is 0 Å². The number of halogens is 1. The summed E-state index contributed by atoms with van der Waals surface area (Å²) < 4.78 is 0. The molecule has 0 saturated carbocycles. The van der Waals surface area contributed by atoms with Crippen molar-refractivity contribution in [1.82, 2.24) is 6.15 Å². The van der Waals surface area contributed by atoms with Crippen LogP contribution in [0, 0.1) is 0 Å². The number of rotatable bonds is 0. The fourth-order valence-corrected chi connectivity index (χ4v) is 0. The molecule has 5 nitrogen and oxygen atoms in total. The lowest BCUT2D eigenvalue weighted by molar-refractivity contribution is -0.00000530. The van der Waals surface area contributed by atoms with Crippen LogP contribution in [0.25, 0.3) is 0 Å². The Labute approximate surface area is 45.9 Å². The standard InChI is InChI=1S/BrH.H3N.4H2O/h1H;1H3;4*1H2. The van der Waals surface area contributed by atoms with E-state index in [-0.39, 0.29) is 45.0 Å². The van der Waals surface area contributed by atoms with Gasteiger partial charge < -0.3 is 45.0 Å². The Morgan fingerprint density at radius 3 is 0.500 bits per heavy atom. The fraction of sp³-hybridized carbons (Fsp3) is 0. The van der Waals surface area contributed by atoms with Crippen LogP contribution in [0.1, 0.15) is 0 Å². The normalized spacial score (nSPS) is 0. The summed E-state index contributed by atoms with van der Waals surface area (Å²) >= 11 is 0. The van der Waals surface area contributed by atoms with Gasteiger partial charge in [-0.2, -0.15) is 0 Å². The number of quaternary nitrogens is 1. The second-order valence-corrected chi connectivity index (χ2v) is 0. The minimum Gasteiger partial charge on any atom is -1.00 e. The smallest absolute Gasteiger partial charge is 0.369 e. The van der Waals surface area contributed by atoms with Gasteiger partial charge in [0.25, 0.3) is 0 Å². The summed E-state index contributed by atoms with van der Waals surface area (Å²) in [7, 11) is 0. The first-order valence-corrected chi connectivity index (χ1v) is 0. The van der Waals surface area contributed by atoms with Crippen LogP contribution in [0.15, 0.2) is 0 Å². The predicted octanol–water partition coefficient (Wildman–Crippen LogP) is -5.92. The van der Waals surface area contributed by atoms with E-state index in [1.165, 1.54) is 0 Å². The van der Waals surface area contributed by atoms with Crippen molar-refractivity contribution >= 4 is 0 Å². The third-order valence-corrected chi connectivity index (χ3v) is 0. The molecule has 0 aliphatic rings. The van der Waals surface area contributed by atoms with Crippen molar-refractivity contribution in [3.05, 3.63) is 0 Å². The van der Waals surface area contributed by atoms with Crippen LogP contribution in [0.2, 0.25) is 0 Å². The first-order chi connectivity index (χ1) is 0. The summed E-state index contributed by atoms with van der Waals surface area (Å²) in [4.78, 5) is 0. The second kappa shape index (κ2) is 1230. The lowest BCUT2D eigenvalue weighted by Crippen LogP contribution is -3.00. The molecule has 0 spiro atoms. The van der Waals surface area contributed by atoms with Crippen LogP contribution in [0.5, 0.6) is 0 Å². The van der Waals surface area contributed by atoms with E-state index in [4.69, 9.17) is 0 Å². The van der Waals surface area contributed by atoms with E-state index >= 15 is 0 Å². The lowest BCUT2D eigenvalue weighted by Gasteiger charge is -1.00. The molecule has 48 valence electrons. The summed E-state index contributed by atoms with van der Waals surface area (Å²) in [5, 5.41) is 0. The van der Waals surface area contributed by atoms with Crippen molar-refractivity contribution in [2.24, 2.45) is 0 Å². The Balaban J connectivity index is 0. The maximum atomic E-state index is 0. The highest BCUT2D eigenvalue weighted by molar-refractivity contribution is 2.13. The molecule has 0 aromatic heterocycles. The molecule has 0 fully saturated rings. The van der Waals surface area contributed by atoms with Gasteiger partial charge in [0.2, 0.25) is 0 Å². The Bertz CT molecular complexity index is 7.51. The molecule has 0 heterocycles. The highest BCUT2D eigenvalue weighted by Gasteiger charge is -0.369. The van der Waals surface area contributed by atoms with Gasteiger partial charge in [0.05, 0.1) is 0 Å². The Kier molecular flexibility index (Phi) is 459000. The van der Waals surface area contributed by atoms with Crippen LogP contribution >= 0.6 is 0 Å². The van der Waals surface area contributed by atoms with Crippen LogP contribution < -0.4 is 23.1 Å². The van der Waals surface area contributed by atoms with E-state index < -0.39 is 0 Å². The van der Waals surface area contributed by atoms with Crippen molar-refractivity contribution in [3.63, 3.8) is 0 Å². The van der Waals surface area contributed by atoms with Crippen molar-refractivity contribution in [2.75, 3.05) is 0 Å². The fourth-order valence-electron chi connectivity index (χ4n) is 0. The molecule has 0 atom stereocenters. The zero-order valence-corrected chi connectivity index (χ0v) is 4.96. The lowest BCUT2D eigenvalue weighted by atomic mass is 14.0. The average Bonchev–Trinajstić information content (AvgIpc) is 0. The Morgan fingerprint density at radius 2 is 0.500 bits per heavy atom. The summed E-state index contributed by atoms with van der Waals surface area (Å²) in [5.41, 5.74) is 0. The van der Waals surface area contributed by atoms with Gasteiger partial charge in [-0.15, -0.1) is 0 Å². The molecule has 6 heavy (non-hydrogen) atoms. The van der Waals surface area contributed by atoms with E-state index in [1.54, 1.807) is 0 Å². The molecule has 0 amide bonds. The molecule has 0 aromatic rings. The first kappa shape index (κ1) is 2230. The first-order valence-electron chi connectivity index (χ1n) is 0. The monoisotopic (exact) mass is 169 g/mol. The van der Waals surface area contributed by atoms with Crippen LogP contribution in [0.4, 0.5) is 0 Å². The highest BCUT2D eigenvalue weighted by atomic mass is 79.9. The van der Waals surface area contributed by atoms with E-state index in [9.17, 15) is 0 Å². The highest BCUT2D eigenvalue weighted by Crippen LogP contribution is -0.286. The molecule has 0 saturated heterocycles. The third kappa shape index (κ3) is 587. The molecule has 12 N–H and O–H groups in total. The van der Waals surface area contributed by atoms with Gasteiger partial charge in [-0.3, -0.25) is 0 Å². The van der Waals surface area contributed by atoms with E-state index in [1.807, 2.05) is 0 Å². The minimum absolute atomic E-state index is 0.